The Bertz CT molecular complexity index is 303. The van der Waals surface area contributed by atoms with Crippen molar-refractivity contribution in [2.75, 3.05) is 6.61 Å². The molecule has 0 aromatic carbocycles. The molecule has 1 heterocycles. The van der Waals surface area contributed by atoms with Gasteiger partial charge < -0.3 is 4.74 Å². The van der Waals surface area contributed by atoms with E-state index in [4.69, 9.17) is 4.74 Å². The molecule has 0 aliphatic rings. The molecule has 0 saturated heterocycles. The van der Waals surface area contributed by atoms with Gasteiger partial charge in [0.25, 0.3) is 0 Å². The lowest BCUT2D eigenvalue weighted by Crippen LogP contribution is -2.00. The number of allylic oxidation sites excluding steroid dienone is 1. The smallest absolute Gasteiger partial charge is 0.331 e. The molecule has 0 atom stereocenters. The minimum Gasteiger partial charge on any atom is -0.463 e. The van der Waals surface area contributed by atoms with Crippen LogP contribution in [0.1, 0.15) is 19.5 Å². The predicted octanol–water partition coefficient (Wildman–Crippen LogP) is 2.11. The van der Waals surface area contributed by atoms with E-state index < -0.39 is 0 Å². The number of ether oxygens (including phenoxy) is 1. The molecule has 0 spiro atoms. The maximum atomic E-state index is 11.0. The summed E-state index contributed by atoms with van der Waals surface area (Å²) in [4.78, 5) is 15.1. The first kappa shape index (κ1) is 9.92. The minimum atomic E-state index is -0.312. The third-order valence-corrected chi connectivity index (χ3v) is 2.04. The highest BCUT2D eigenvalue weighted by Gasteiger charge is 2.01. The van der Waals surface area contributed by atoms with E-state index in [1.807, 2.05) is 12.3 Å². The Morgan fingerprint density at radius 1 is 1.77 bits per heavy atom. The van der Waals surface area contributed by atoms with Gasteiger partial charge in [-0.2, -0.15) is 0 Å². The fourth-order valence-corrected chi connectivity index (χ4v) is 1.45. The first-order valence-electron chi connectivity index (χ1n) is 3.97. The zero-order valence-corrected chi connectivity index (χ0v) is 8.43. The molecule has 0 unspecified atom stereocenters. The van der Waals surface area contributed by atoms with Crippen molar-refractivity contribution in [3.8, 4) is 0 Å². The third kappa shape index (κ3) is 2.99. The van der Waals surface area contributed by atoms with Crippen molar-refractivity contribution in [1.82, 2.24) is 4.98 Å². The zero-order valence-electron chi connectivity index (χ0n) is 7.61. The molecule has 0 radical (unpaired) electrons. The van der Waals surface area contributed by atoms with Gasteiger partial charge in [0.2, 0.25) is 0 Å². The standard InChI is InChI=1S/C9H11NO2S/c1-3-12-9(11)4-7(2)8-5-13-6-10-8/h4-6H,3H2,1-2H3/b7-4-. The van der Waals surface area contributed by atoms with E-state index in [9.17, 15) is 4.79 Å². The first-order valence-corrected chi connectivity index (χ1v) is 4.92. The summed E-state index contributed by atoms with van der Waals surface area (Å²) in [5.74, 6) is -0.312. The molecule has 70 valence electrons. The second-order valence-electron chi connectivity index (χ2n) is 2.45. The fourth-order valence-electron chi connectivity index (χ4n) is 0.842. The average Bonchev–Trinajstić information content (AvgIpc) is 2.55. The molecule has 1 aromatic rings. The summed E-state index contributed by atoms with van der Waals surface area (Å²) < 4.78 is 4.77. The molecule has 1 rings (SSSR count). The lowest BCUT2D eigenvalue weighted by atomic mass is 10.2. The Morgan fingerprint density at radius 3 is 3.08 bits per heavy atom. The highest BCUT2D eigenvalue weighted by molar-refractivity contribution is 7.07. The van der Waals surface area contributed by atoms with Crippen LogP contribution in [0.15, 0.2) is 17.0 Å². The number of rotatable bonds is 3. The molecular weight excluding hydrogens is 186 g/mol. The molecular formula is C9H11NO2S. The van der Waals surface area contributed by atoms with E-state index >= 15 is 0 Å². The Hall–Kier alpha value is -1.16. The van der Waals surface area contributed by atoms with Crippen molar-refractivity contribution >= 4 is 22.9 Å². The van der Waals surface area contributed by atoms with Gasteiger partial charge in [0.15, 0.2) is 0 Å². The van der Waals surface area contributed by atoms with Crippen molar-refractivity contribution in [3.05, 3.63) is 22.7 Å². The van der Waals surface area contributed by atoms with Crippen molar-refractivity contribution in [1.29, 1.82) is 0 Å². The molecule has 0 saturated carbocycles. The second kappa shape index (κ2) is 4.77. The summed E-state index contributed by atoms with van der Waals surface area (Å²) in [6.45, 7) is 4.02. The van der Waals surface area contributed by atoms with Crippen molar-refractivity contribution in [3.63, 3.8) is 0 Å². The number of aromatic nitrogens is 1. The molecule has 4 heteroatoms. The Morgan fingerprint density at radius 2 is 2.54 bits per heavy atom. The lowest BCUT2D eigenvalue weighted by Gasteiger charge is -1.97. The van der Waals surface area contributed by atoms with Crippen LogP contribution in [-0.4, -0.2) is 17.6 Å². The van der Waals surface area contributed by atoms with Gasteiger partial charge in [-0.3, -0.25) is 0 Å². The van der Waals surface area contributed by atoms with Crippen LogP contribution < -0.4 is 0 Å². The van der Waals surface area contributed by atoms with Crippen LogP contribution in [-0.2, 0) is 9.53 Å². The Labute approximate surface area is 81.1 Å². The van der Waals surface area contributed by atoms with Gasteiger partial charge in [-0.1, -0.05) is 0 Å². The van der Waals surface area contributed by atoms with Crippen LogP contribution in [0, 0.1) is 0 Å². The van der Waals surface area contributed by atoms with Gasteiger partial charge >= 0.3 is 5.97 Å². The highest BCUT2D eigenvalue weighted by atomic mass is 32.1. The summed E-state index contributed by atoms with van der Waals surface area (Å²) in [5, 5.41) is 1.89. The van der Waals surface area contributed by atoms with Crippen LogP contribution in [0.25, 0.3) is 5.57 Å². The number of carbonyl (C=O) groups is 1. The van der Waals surface area contributed by atoms with Gasteiger partial charge in [-0.25, -0.2) is 9.78 Å². The predicted molar refractivity (Wildman–Crippen MR) is 52.4 cm³/mol. The molecule has 0 aliphatic carbocycles. The number of thiazole rings is 1. The normalized spacial score (nSPS) is 11.4. The number of carbonyl (C=O) groups excluding carboxylic acids is 1. The molecule has 0 bridgehead atoms. The van der Waals surface area contributed by atoms with Crippen LogP contribution in [0.2, 0.25) is 0 Å². The van der Waals surface area contributed by atoms with E-state index in [-0.39, 0.29) is 5.97 Å². The second-order valence-corrected chi connectivity index (χ2v) is 3.17. The lowest BCUT2D eigenvalue weighted by molar-refractivity contribution is -0.137. The molecule has 3 nitrogen and oxygen atoms in total. The van der Waals surface area contributed by atoms with Gasteiger partial charge in [-0.15, -0.1) is 11.3 Å². The van der Waals surface area contributed by atoms with Crippen LogP contribution >= 0.6 is 11.3 Å². The van der Waals surface area contributed by atoms with Crippen LogP contribution in [0.4, 0.5) is 0 Å². The molecule has 0 N–H and O–H groups in total. The molecule has 0 aliphatic heterocycles. The SMILES string of the molecule is CCOC(=O)/C=C(/C)c1cscn1. The largest absolute Gasteiger partial charge is 0.463 e. The van der Waals surface area contributed by atoms with E-state index in [1.165, 1.54) is 17.4 Å². The zero-order chi connectivity index (χ0) is 9.68. The first-order chi connectivity index (χ1) is 6.24. The number of esters is 1. The average molecular weight is 197 g/mol. The molecule has 0 fully saturated rings. The Balaban J connectivity index is 2.67. The maximum Gasteiger partial charge on any atom is 0.331 e. The monoisotopic (exact) mass is 197 g/mol. The van der Waals surface area contributed by atoms with Crippen molar-refractivity contribution in [2.24, 2.45) is 0 Å². The van der Waals surface area contributed by atoms with E-state index in [2.05, 4.69) is 4.98 Å². The molecule has 1 aromatic heterocycles. The van der Waals surface area contributed by atoms with E-state index in [0.717, 1.165) is 11.3 Å². The summed E-state index contributed by atoms with van der Waals surface area (Å²) in [6, 6.07) is 0. The summed E-state index contributed by atoms with van der Waals surface area (Å²) in [7, 11) is 0. The van der Waals surface area contributed by atoms with Gasteiger partial charge in [0.05, 0.1) is 17.8 Å². The fraction of sp³-hybridized carbons (Fsp3) is 0.333. The number of hydrogen-bond donors (Lipinski definition) is 0. The molecule has 0 amide bonds. The number of hydrogen-bond acceptors (Lipinski definition) is 4. The summed E-state index contributed by atoms with van der Waals surface area (Å²) >= 11 is 1.50. The summed E-state index contributed by atoms with van der Waals surface area (Å²) in [6.07, 6.45) is 1.46. The number of nitrogens with zero attached hydrogens (tertiary/aromatic N) is 1. The van der Waals surface area contributed by atoms with E-state index in [0.29, 0.717) is 6.61 Å². The van der Waals surface area contributed by atoms with Crippen LogP contribution in [0.3, 0.4) is 0 Å². The van der Waals surface area contributed by atoms with Crippen LogP contribution in [0.5, 0.6) is 0 Å². The third-order valence-electron chi connectivity index (χ3n) is 1.46. The quantitative estimate of drug-likeness (QED) is 0.550. The van der Waals surface area contributed by atoms with Gasteiger partial charge in [-0.05, 0) is 19.4 Å². The van der Waals surface area contributed by atoms with Gasteiger partial charge in [0.1, 0.15) is 0 Å². The van der Waals surface area contributed by atoms with Crippen molar-refractivity contribution in [2.45, 2.75) is 13.8 Å². The molecule has 13 heavy (non-hydrogen) atoms. The highest BCUT2D eigenvalue weighted by Crippen LogP contribution is 2.12. The minimum absolute atomic E-state index is 0.312. The summed E-state index contributed by atoms with van der Waals surface area (Å²) in [5.41, 5.74) is 3.40. The Kier molecular flexibility index (Phi) is 3.64. The van der Waals surface area contributed by atoms with E-state index in [1.54, 1.807) is 12.4 Å². The maximum absolute atomic E-state index is 11.0. The topological polar surface area (TPSA) is 39.2 Å². The van der Waals surface area contributed by atoms with Crippen molar-refractivity contribution < 1.29 is 9.53 Å². The van der Waals surface area contributed by atoms with Gasteiger partial charge in [0, 0.05) is 11.5 Å².